The lowest BCUT2D eigenvalue weighted by Crippen LogP contribution is -2.45. The molecule has 7 nitrogen and oxygen atoms in total. The first-order chi connectivity index (χ1) is 13.0. The van der Waals surface area contributed by atoms with E-state index in [0.717, 1.165) is 45.3 Å². The highest BCUT2D eigenvalue weighted by atomic mass is 16.5. The minimum atomic E-state index is -0.0983. The normalized spacial score (nSPS) is 19.6. The van der Waals surface area contributed by atoms with E-state index >= 15 is 0 Å². The van der Waals surface area contributed by atoms with Gasteiger partial charge in [0.15, 0.2) is 11.5 Å². The van der Waals surface area contributed by atoms with E-state index in [1.165, 1.54) is 0 Å². The Morgan fingerprint density at radius 2 is 1.70 bits per heavy atom. The Labute approximate surface area is 160 Å². The molecule has 3 rings (SSSR count). The van der Waals surface area contributed by atoms with Crippen LogP contribution < -0.4 is 14.8 Å². The summed E-state index contributed by atoms with van der Waals surface area (Å²) in [6.45, 7) is 2.25. The highest BCUT2D eigenvalue weighted by Crippen LogP contribution is 2.41. The van der Waals surface area contributed by atoms with Crippen LogP contribution in [0.3, 0.4) is 0 Å². The van der Waals surface area contributed by atoms with Crippen LogP contribution >= 0.6 is 0 Å². The maximum Gasteiger partial charge on any atom is 0.321 e. The Morgan fingerprint density at radius 1 is 1.04 bits per heavy atom. The van der Waals surface area contributed by atoms with Gasteiger partial charge in [-0.25, -0.2) is 4.79 Å². The largest absolute Gasteiger partial charge is 0.493 e. The van der Waals surface area contributed by atoms with Crippen LogP contribution in [0, 0.1) is 5.41 Å². The summed E-state index contributed by atoms with van der Waals surface area (Å²) in [5.74, 6) is 1.45. The third-order valence-electron chi connectivity index (χ3n) is 6.02. The molecule has 2 fully saturated rings. The van der Waals surface area contributed by atoms with Crippen molar-refractivity contribution in [1.29, 1.82) is 0 Å². The quantitative estimate of drug-likeness (QED) is 0.882. The number of piperidine rings is 1. The van der Waals surface area contributed by atoms with Gasteiger partial charge in [0.25, 0.3) is 0 Å². The van der Waals surface area contributed by atoms with Crippen molar-refractivity contribution in [3.8, 4) is 11.5 Å². The van der Waals surface area contributed by atoms with E-state index in [0.29, 0.717) is 23.6 Å². The van der Waals surface area contributed by atoms with Crippen LogP contribution in [0.25, 0.3) is 0 Å². The lowest BCUT2D eigenvalue weighted by molar-refractivity contribution is -0.129. The smallest absolute Gasteiger partial charge is 0.321 e. The molecule has 1 spiro atoms. The predicted octanol–water partition coefficient (Wildman–Crippen LogP) is 2.96. The standard InChI is InChI=1S/C20H29N3O4/c1-22-11-8-20(7-6-18(22)24)9-12-23(13-10-20)19(25)21-15-4-5-16(26-2)17(14-15)27-3/h4-5,14H,6-13H2,1-3H3,(H,21,25). The van der Waals surface area contributed by atoms with E-state index in [9.17, 15) is 9.59 Å². The number of carbonyl (C=O) groups excluding carboxylic acids is 2. The molecule has 0 unspecified atom stereocenters. The minimum Gasteiger partial charge on any atom is -0.493 e. The van der Waals surface area contributed by atoms with Gasteiger partial charge in [-0.05, 0) is 43.2 Å². The van der Waals surface area contributed by atoms with E-state index < -0.39 is 0 Å². The number of ether oxygens (including phenoxy) is 2. The Kier molecular flexibility index (Phi) is 5.77. The summed E-state index contributed by atoms with van der Waals surface area (Å²) in [6, 6.07) is 5.24. The number of likely N-dealkylation sites (tertiary alicyclic amines) is 2. The van der Waals surface area contributed by atoms with Crippen LogP contribution in [-0.2, 0) is 4.79 Å². The van der Waals surface area contributed by atoms with Crippen LogP contribution in [0.15, 0.2) is 18.2 Å². The molecule has 0 saturated carbocycles. The number of hydrogen-bond donors (Lipinski definition) is 1. The average molecular weight is 375 g/mol. The van der Waals surface area contributed by atoms with Gasteiger partial charge in [-0.1, -0.05) is 0 Å². The third-order valence-corrected chi connectivity index (χ3v) is 6.02. The summed E-state index contributed by atoms with van der Waals surface area (Å²) in [6.07, 6.45) is 4.48. The second kappa shape index (κ2) is 8.06. The molecule has 2 aliphatic rings. The lowest BCUT2D eigenvalue weighted by Gasteiger charge is -2.41. The molecule has 1 N–H and O–H groups in total. The van der Waals surface area contributed by atoms with Crippen LogP contribution in [-0.4, -0.2) is 62.6 Å². The lowest BCUT2D eigenvalue weighted by atomic mass is 9.73. The summed E-state index contributed by atoms with van der Waals surface area (Å²) in [7, 11) is 5.04. The Morgan fingerprint density at radius 3 is 2.37 bits per heavy atom. The minimum absolute atomic E-state index is 0.0983. The van der Waals surface area contributed by atoms with Crippen LogP contribution in [0.1, 0.15) is 32.1 Å². The molecule has 27 heavy (non-hydrogen) atoms. The van der Waals surface area contributed by atoms with E-state index in [2.05, 4.69) is 5.32 Å². The van der Waals surface area contributed by atoms with Gasteiger partial charge in [-0.2, -0.15) is 0 Å². The number of methoxy groups -OCH3 is 2. The number of hydrogen-bond acceptors (Lipinski definition) is 4. The summed E-state index contributed by atoms with van der Waals surface area (Å²) >= 11 is 0. The van der Waals surface area contributed by atoms with Crippen molar-refractivity contribution < 1.29 is 19.1 Å². The molecule has 0 aliphatic carbocycles. The maximum absolute atomic E-state index is 12.6. The Hall–Kier alpha value is -2.44. The van der Waals surface area contributed by atoms with Crippen molar-refractivity contribution in [2.75, 3.05) is 46.2 Å². The molecule has 0 radical (unpaired) electrons. The van der Waals surface area contributed by atoms with Gasteiger partial charge in [-0.3, -0.25) is 4.79 Å². The Balaban J connectivity index is 1.58. The first kappa shape index (κ1) is 19.3. The second-order valence-electron chi connectivity index (χ2n) is 7.55. The SMILES string of the molecule is COc1ccc(NC(=O)N2CCC3(CCC(=O)N(C)CC3)CC2)cc1OC. The maximum atomic E-state index is 12.6. The number of benzene rings is 1. The third kappa shape index (κ3) is 4.28. The second-order valence-corrected chi connectivity index (χ2v) is 7.55. The van der Waals surface area contributed by atoms with E-state index in [1.54, 1.807) is 32.4 Å². The first-order valence-corrected chi connectivity index (χ1v) is 9.48. The van der Waals surface area contributed by atoms with Crippen molar-refractivity contribution >= 4 is 17.6 Å². The number of nitrogens with zero attached hydrogens (tertiary/aromatic N) is 2. The Bertz CT molecular complexity index is 698. The summed E-state index contributed by atoms with van der Waals surface area (Å²) in [4.78, 5) is 28.3. The first-order valence-electron chi connectivity index (χ1n) is 9.48. The fraction of sp³-hybridized carbons (Fsp3) is 0.600. The van der Waals surface area contributed by atoms with Gasteiger partial charge in [0.05, 0.1) is 14.2 Å². The topological polar surface area (TPSA) is 71.1 Å². The molecule has 0 aromatic heterocycles. The van der Waals surface area contributed by atoms with Crippen molar-refractivity contribution in [3.05, 3.63) is 18.2 Å². The van der Waals surface area contributed by atoms with Crippen LogP contribution in [0.5, 0.6) is 11.5 Å². The molecule has 1 aromatic rings. The molecule has 148 valence electrons. The van der Waals surface area contributed by atoms with E-state index in [4.69, 9.17) is 9.47 Å². The summed E-state index contributed by atoms with van der Waals surface area (Å²) in [5.41, 5.74) is 0.875. The molecule has 2 aliphatic heterocycles. The van der Waals surface area contributed by atoms with Crippen molar-refractivity contribution in [1.82, 2.24) is 9.80 Å². The molecule has 0 bridgehead atoms. The highest BCUT2D eigenvalue weighted by molar-refractivity contribution is 5.89. The molecule has 2 heterocycles. The molecule has 0 atom stereocenters. The average Bonchev–Trinajstić information content (AvgIpc) is 2.82. The van der Waals surface area contributed by atoms with Crippen molar-refractivity contribution in [2.45, 2.75) is 32.1 Å². The zero-order chi connectivity index (χ0) is 19.4. The molecule has 3 amide bonds. The zero-order valence-electron chi connectivity index (χ0n) is 16.4. The van der Waals surface area contributed by atoms with Crippen LogP contribution in [0.4, 0.5) is 10.5 Å². The van der Waals surface area contributed by atoms with Gasteiger partial charge in [-0.15, -0.1) is 0 Å². The number of urea groups is 1. The molecule has 1 aromatic carbocycles. The van der Waals surface area contributed by atoms with Gasteiger partial charge < -0.3 is 24.6 Å². The number of anilines is 1. The molecule has 7 heteroatoms. The van der Waals surface area contributed by atoms with Gasteiger partial charge in [0.1, 0.15) is 0 Å². The fourth-order valence-corrected chi connectivity index (χ4v) is 4.02. The van der Waals surface area contributed by atoms with Gasteiger partial charge >= 0.3 is 6.03 Å². The van der Waals surface area contributed by atoms with Gasteiger partial charge in [0.2, 0.25) is 5.91 Å². The van der Waals surface area contributed by atoms with Crippen molar-refractivity contribution in [3.63, 3.8) is 0 Å². The molecule has 2 saturated heterocycles. The van der Waals surface area contributed by atoms with E-state index in [1.807, 2.05) is 16.8 Å². The predicted molar refractivity (Wildman–Crippen MR) is 103 cm³/mol. The van der Waals surface area contributed by atoms with Crippen molar-refractivity contribution in [2.24, 2.45) is 5.41 Å². The van der Waals surface area contributed by atoms with Gasteiger partial charge in [0, 0.05) is 44.9 Å². The molecular formula is C20H29N3O4. The van der Waals surface area contributed by atoms with E-state index in [-0.39, 0.29) is 17.4 Å². The number of carbonyl (C=O) groups is 2. The number of rotatable bonds is 3. The fourth-order valence-electron chi connectivity index (χ4n) is 4.02. The summed E-state index contributed by atoms with van der Waals surface area (Å²) in [5, 5.41) is 2.94. The molecular weight excluding hydrogens is 346 g/mol. The number of amides is 3. The highest BCUT2D eigenvalue weighted by Gasteiger charge is 2.38. The van der Waals surface area contributed by atoms with Crippen LogP contribution in [0.2, 0.25) is 0 Å². The zero-order valence-corrected chi connectivity index (χ0v) is 16.4. The summed E-state index contributed by atoms with van der Waals surface area (Å²) < 4.78 is 10.5. The monoisotopic (exact) mass is 375 g/mol. The number of nitrogens with one attached hydrogen (secondary N) is 1.